The number of methoxy groups -OCH3 is 1. The van der Waals surface area contributed by atoms with Crippen molar-refractivity contribution in [1.82, 2.24) is 10.2 Å². The summed E-state index contributed by atoms with van der Waals surface area (Å²) in [5, 5.41) is 2.73. The molecule has 0 radical (unpaired) electrons. The van der Waals surface area contributed by atoms with Crippen LogP contribution in [0.5, 0.6) is 0 Å². The summed E-state index contributed by atoms with van der Waals surface area (Å²) in [6, 6.07) is 0. The van der Waals surface area contributed by atoms with Crippen LogP contribution in [0.2, 0.25) is 0 Å². The van der Waals surface area contributed by atoms with Gasteiger partial charge in [0.1, 0.15) is 0 Å². The molecule has 1 aliphatic rings. The molecule has 0 aromatic heterocycles. The van der Waals surface area contributed by atoms with E-state index in [-0.39, 0.29) is 32.1 Å². The quantitative estimate of drug-likeness (QED) is 0.821. The van der Waals surface area contributed by atoms with E-state index in [1.165, 1.54) is 12.0 Å². The molecular weight excluding hydrogens is 223 g/mol. The average molecular weight is 250 g/mol. The third kappa shape index (κ3) is 6.58. The van der Waals surface area contributed by atoms with Gasteiger partial charge < -0.3 is 15.0 Å². The van der Waals surface area contributed by atoms with E-state index < -0.39 is 5.67 Å². The van der Waals surface area contributed by atoms with Crippen LogP contribution in [0.25, 0.3) is 0 Å². The van der Waals surface area contributed by atoms with Crippen LogP contribution in [0, 0.1) is 0 Å². The highest BCUT2D eigenvalue weighted by molar-refractivity contribution is 5.79. The van der Waals surface area contributed by atoms with Crippen molar-refractivity contribution in [2.24, 2.45) is 0 Å². The summed E-state index contributed by atoms with van der Waals surface area (Å²) in [6.07, 6.45) is 0. The van der Waals surface area contributed by atoms with Crippen LogP contribution in [0.3, 0.4) is 0 Å². The molecule has 1 rings (SSSR count). The van der Waals surface area contributed by atoms with Gasteiger partial charge in [-0.1, -0.05) is 27.7 Å². The Balaban J connectivity index is 0. The Kier molecular flexibility index (Phi) is 11.5. The SMILES string of the molecule is CC.CC.CNCC(=O)N1CC(F)(COC)C1. The molecule has 1 N–H and O–H groups in total. The second-order valence-electron chi connectivity index (χ2n) is 3.36. The number of likely N-dealkylation sites (tertiary alicyclic amines) is 1. The number of amides is 1. The van der Waals surface area contributed by atoms with E-state index in [0.717, 1.165) is 0 Å². The molecular formula is C12H27FN2O2. The van der Waals surface area contributed by atoms with Crippen molar-refractivity contribution in [2.45, 2.75) is 33.4 Å². The summed E-state index contributed by atoms with van der Waals surface area (Å²) in [5.74, 6) is -0.0631. The van der Waals surface area contributed by atoms with Gasteiger partial charge in [-0.15, -0.1) is 0 Å². The Morgan fingerprint density at radius 2 is 1.82 bits per heavy atom. The van der Waals surface area contributed by atoms with E-state index in [4.69, 9.17) is 4.74 Å². The van der Waals surface area contributed by atoms with Gasteiger partial charge in [-0.25, -0.2) is 4.39 Å². The monoisotopic (exact) mass is 250 g/mol. The fourth-order valence-corrected chi connectivity index (χ4v) is 1.43. The Bertz CT molecular complexity index is 195. The smallest absolute Gasteiger partial charge is 0.236 e. The topological polar surface area (TPSA) is 41.6 Å². The van der Waals surface area contributed by atoms with Crippen LogP contribution in [0.4, 0.5) is 4.39 Å². The first kappa shape index (κ1) is 18.7. The van der Waals surface area contributed by atoms with Crippen LogP contribution < -0.4 is 5.32 Å². The molecule has 4 nitrogen and oxygen atoms in total. The van der Waals surface area contributed by atoms with Gasteiger partial charge in [0.25, 0.3) is 0 Å². The second-order valence-corrected chi connectivity index (χ2v) is 3.36. The van der Waals surface area contributed by atoms with Crippen LogP contribution in [0.15, 0.2) is 0 Å². The summed E-state index contributed by atoms with van der Waals surface area (Å²) < 4.78 is 18.1. The minimum Gasteiger partial charge on any atom is -0.381 e. The number of nitrogens with zero attached hydrogens (tertiary/aromatic N) is 1. The largest absolute Gasteiger partial charge is 0.381 e. The molecule has 0 aliphatic carbocycles. The normalized spacial score (nSPS) is 15.8. The number of rotatable bonds is 4. The first-order valence-corrected chi connectivity index (χ1v) is 6.21. The van der Waals surface area contributed by atoms with E-state index >= 15 is 0 Å². The molecule has 1 saturated heterocycles. The van der Waals surface area contributed by atoms with Crippen molar-refractivity contribution in [2.75, 3.05) is 40.4 Å². The van der Waals surface area contributed by atoms with Crippen LogP contribution in [-0.4, -0.2) is 56.9 Å². The lowest BCUT2D eigenvalue weighted by atomic mass is 9.97. The standard InChI is InChI=1S/C8H15FN2O2.2C2H6/c1-10-3-7(12)11-4-8(9,5-11)6-13-2;2*1-2/h10H,3-6H2,1-2H3;2*1-2H3. The summed E-state index contributed by atoms with van der Waals surface area (Å²) in [7, 11) is 3.15. The zero-order valence-corrected chi connectivity index (χ0v) is 12.0. The number of likely N-dealkylation sites (N-methyl/N-ethyl adjacent to an activating group) is 1. The number of hydrogen-bond donors (Lipinski definition) is 1. The Labute approximate surface area is 105 Å². The zero-order chi connectivity index (χ0) is 13.9. The third-order valence-electron chi connectivity index (χ3n) is 2.03. The molecule has 5 heteroatoms. The Morgan fingerprint density at radius 3 is 2.18 bits per heavy atom. The first-order chi connectivity index (χ1) is 8.11. The van der Waals surface area contributed by atoms with E-state index in [9.17, 15) is 9.18 Å². The van der Waals surface area contributed by atoms with E-state index in [0.29, 0.717) is 0 Å². The number of ether oxygens (including phenoxy) is 1. The number of carbonyl (C=O) groups is 1. The van der Waals surface area contributed by atoms with Crippen molar-refractivity contribution in [1.29, 1.82) is 0 Å². The fraction of sp³-hybridized carbons (Fsp3) is 0.917. The Hall–Kier alpha value is -0.680. The molecule has 0 spiro atoms. The zero-order valence-electron chi connectivity index (χ0n) is 12.0. The molecule has 1 heterocycles. The van der Waals surface area contributed by atoms with Gasteiger partial charge in [0.05, 0.1) is 26.2 Å². The van der Waals surface area contributed by atoms with E-state index in [1.807, 2.05) is 27.7 Å². The summed E-state index contributed by atoms with van der Waals surface area (Å²) in [6.45, 7) is 8.64. The molecule has 17 heavy (non-hydrogen) atoms. The average Bonchev–Trinajstić information content (AvgIpc) is 2.31. The highest BCUT2D eigenvalue weighted by Gasteiger charge is 2.45. The van der Waals surface area contributed by atoms with Gasteiger partial charge in [-0.3, -0.25) is 4.79 Å². The molecule has 0 saturated carbocycles. The van der Waals surface area contributed by atoms with Crippen molar-refractivity contribution in [3.05, 3.63) is 0 Å². The molecule has 1 aliphatic heterocycles. The first-order valence-electron chi connectivity index (χ1n) is 6.21. The van der Waals surface area contributed by atoms with Crippen molar-refractivity contribution >= 4 is 5.91 Å². The number of alkyl halides is 1. The van der Waals surface area contributed by atoms with Gasteiger partial charge >= 0.3 is 0 Å². The fourth-order valence-electron chi connectivity index (χ4n) is 1.43. The molecule has 1 amide bonds. The van der Waals surface area contributed by atoms with Gasteiger partial charge in [-0.05, 0) is 7.05 Å². The molecule has 0 unspecified atom stereocenters. The maximum atomic E-state index is 13.4. The van der Waals surface area contributed by atoms with Crippen molar-refractivity contribution in [3.63, 3.8) is 0 Å². The summed E-state index contributed by atoms with van der Waals surface area (Å²) in [5.41, 5.74) is -1.32. The van der Waals surface area contributed by atoms with Gasteiger partial charge in [0.2, 0.25) is 5.91 Å². The van der Waals surface area contributed by atoms with Crippen LogP contribution >= 0.6 is 0 Å². The number of carbonyl (C=O) groups excluding carboxylic acids is 1. The minimum absolute atomic E-state index is 0.0631. The van der Waals surface area contributed by atoms with Crippen LogP contribution in [-0.2, 0) is 9.53 Å². The van der Waals surface area contributed by atoms with E-state index in [1.54, 1.807) is 7.05 Å². The van der Waals surface area contributed by atoms with Gasteiger partial charge in [-0.2, -0.15) is 0 Å². The maximum Gasteiger partial charge on any atom is 0.236 e. The van der Waals surface area contributed by atoms with Gasteiger partial charge in [0.15, 0.2) is 5.67 Å². The molecule has 0 aromatic rings. The molecule has 0 aromatic carbocycles. The minimum atomic E-state index is -1.32. The van der Waals surface area contributed by atoms with Crippen molar-refractivity contribution in [3.8, 4) is 0 Å². The molecule has 104 valence electrons. The highest BCUT2D eigenvalue weighted by atomic mass is 19.1. The van der Waals surface area contributed by atoms with E-state index in [2.05, 4.69) is 5.32 Å². The predicted molar refractivity (Wildman–Crippen MR) is 68.9 cm³/mol. The van der Waals surface area contributed by atoms with Gasteiger partial charge in [0, 0.05) is 7.11 Å². The lowest BCUT2D eigenvalue weighted by Crippen LogP contribution is -2.64. The Morgan fingerprint density at radius 1 is 1.35 bits per heavy atom. The highest BCUT2D eigenvalue weighted by Crippen LogP contribution is 2.25. The lowest BCUT2D eigenvalue weighted by Gasteiger charge is -2.43. The molecule has 0 bridgehead atoms. The number of halogens is 1. The molecule has 0 atom stereocenters. The molecule has 1 fully saturated rings. The lowest BCUT2D eigenvalue weighted by molar-refractivity contribution is -0.148. The van der Waals surface area contributed by atoms with Crippen molar-refractivity contribution < 1.29 is 13.9 Å². The van der Waals surface area contributed by atoms with Crippen LogP contribution in [0.1, 0.15) is 27.7 Å². The predicted octanol–water partition coefficient (Wildman–Crippen LogP) is 1.46. The summed E-state index contributed by atoms with van der Waals surface area (Å²) in [4.78, 5) is 12.7. The summed E-state index contributed by atoms with van der Waals surface area (Å²) >= 11 is 0. The number of nitrogens with one attached hydrogen (secondary N) is 1. The second kappa shape index (κ2) is 10.5. The third-order valence-corrected chi connectivity index (χ3v) is 2.03. The maximum absolute atomic E-state index is 13.4. The number of hydrogen-bond acceptors (Lipinski definition) is 3.